The molecule has 4 heterocycles. The van der Waals surface area contributed by atoms with E-state index in [-0.39, 0.29) is 6.04 Å². The SMILES string of the molecule is Cc1ccc2nc([C@H](C)Nc3ccnc4ccnn34)n(-c3ccccc3)c2n1. The molecule has 28 heavy (non-hydrogen) atoms. The van der Waals surface area contributed by atoms with Crippen molar-refractivity contribution in [2.45, 2.75) is 19.9 Å². The van der Waals surface area contributed by atoms with E-state index in [9.17, 15) is 0 Å². The van der Waals surface area contributed by atoms with Crippen molar-refractivity contribution in [2.24, 2.45) is 0 Å². The van der Waals surface area contributed by atoms with Gasteiger partial charge in [-0.15, -0.1) is 0 Å². The van der Waals surface area contributed by atoms with Gasteiger partial charge in [0, 0.05) is 23.6 Å². The smallest absolute Gasteiger partial charge is 0.164 e. The monoisotopic (exact) mass is 369 g/mol. The quantitative estimate of drug-likeness (QED) is 0.519. The molecule has 138 valence electrons. The van der Waals surface area contributed by atoms with Crippen LogP contribution in [0.4, 0.5) is 5.82 Å². The third-order valence-corrected chi connectivity index (χ3v) is 4.73. The molecule has 0 aliphatic heterocycles. The largest absolute Gasteiger partial charge is 0.360 e. The summed E-state index contributed by atoms with van der Waals surface area (Å²) in [4.78, 5) is 14.0. The van der Waals surface area contributed by atoms with Gasteiger partial charge in [0.1, 0.15) is 17.2 Å². The molecule has 0 bridgehead atoms. The molecule has 7 nitrogen and oxygen atoms in total. The average molecular weight is 369 g/mol. The Balaban J connectivity index is 1.64. The van der Waals surface area contributed by atoms with E-state index in [4.69, 9.17) is 9.97 Å². The Morgan fingerprint density at radius 1 is 0.929 bits per heavy atom. The molecule has 1 N–H and O–H groups in total. The van der Waals surface area contributed by atoms with Gasteiger partial charge in [0.25, 0.3) is 0 Å². The molecule has 7 heteroatoms. The minimum atomic E-state index is -0.0792. The number of imidazole rings is 1. The maximum absolute atomic E-state index is 4.89. The number of hydrogen-bond donors (Lipinski definition) is 1. The maximum Gasteiger partial charge on any atom is 0.164 e. The van der Waals surface area contributed by atoms with Crippen LogP contribution in [0, 0.1) is 6.92 Å². The lowest BCUT2D eigenvalue weighted by Gasteiger charge is -2.17. The molecular weight excluding hydrogens is 350 g/mol. The van der Waals surface area contributed by atoms with Crippen LogP contribution in [0.15, 0.2) is 67.0 Å². The van der Waals surface area contributed by atoms with Crippen molar-refractivity contribution in [2.75, 3.05) is 5.32 Å². The lowest BCUT2D eigenvalue weighted by atomic mass is 10.2. The highest BCUT2D eigenvalue weighted by atomic mass is 15.3. The molecule has 0 fully saturated rings. The summed E-state index contributed by atoms with van der Waals surface area (Å²) in [6, 6.07) is 17.9. The summed E-state index contributed by atoms with van der Waals surface area (Å²) in [5, 5.41) is 7.87. The minimum absolute atomic E-state index is 0.0792. The average Bonchev–Trinajstić information content (AvgIpc) is 3.33. The van der Waals surface area contributed by atoms with E-state index in [1.165, 1.54) is 0 Å². The first kappa shape index (κ1) is 16.4. The minimum Gasteiger partial charge on any atom is -0.360 e. The number of pyridine rings is 1. The van der Waals surface area contributed by atoms with E-state index in [1.807, 2.05) is 49.4 Å². The molecule has 0 aliphatic carbocycles. The van der Waals surface area contributed by atoms with Gasteiger partial charge in [-0.3, -0.25) is 4.57 Å². The van der Waals surface area contributed by atoms with Crippen LogP contribution in [0.2, 0.25) is 0 Å². The van der Waals surface area contributed by atoms with E-state index in [0.717, 1.165) is 39.8 Å². The Bertz CT molecular complexity index is 1270. The molecule has 1 atom stereocenters. The number of hydrogen-bond acceptors (Lipinski definition) is 5. The first-order chi connectivity index (χ1) is 13.7. The van der Waals surface area contributed by atoms with Gasteiger partial charge < -0.3 is 5.32 Å². The lowest BCUT2D eigenvalue weighted by molar-refractivity contribution is 0.756. The summed E-state index contributed by atoms with van der Waals surface area (Å²) in [6.07, 6.45) is 3.52. The number of benzene rings is 1. The summed E-state index contributed by atoms with van der Waals surface area (Å²) < 4.78 is 3.90. The number of nitrogens with one attached hydrogen (secondary N) is 1. The Labute approximate surface area is 161 Å². The van der Waals surface area contributed by atoms with Crippen LogP contribution in [0.5, 0.6) is 0 Å². The van der Waals surface area contributed by atoms with Gasteiger partial charge in [0.2, 0.25) is 0 Å². The topological polar surface area (TPSA) is 72.9 Å². The third-order valence-electron chi connectivity index (χ3n) is 4.73. The summed E-state index contributed by atoms with van der Waals surface area (Å²) in [7, 11) is 0. The van der Waals surface area contributed by atoms with Crippen molar-refractivity contribution in [3.63, 3.8) is 0 Å². The second-order valence-electron chi connectivity index (χ2n) is 6.73. The molecule has 0 unspecified atom stereocenters. The number of anilines is 1. The summed E-state index contributed by atoms with van der Waals surface area (Å²) in [6.45, 7) is 4.08. The summed E-state index contributed by atoms with van der Waals surface area (Å²) in [5.74, 6) is 1.75. The van der Waals surface area contributed by atoms with Crippen LogP contribution in [0.25, 0.3) is 22.5 Å². The third kappa shape index (κ3) is 2.68. The van der Waals surface area contributed by atoms with Crippen LogP contribution in [0.1, 0.15) is 24.5 Å². The molecule has 0 amide bonds. The summed E-state index contributed by atoms with van der Waals surface area (Å²) >= 11 is 0. The van der Waals surface area contributed by atoms with Crippen molar-refractivity contribution in [3.05, 3.63) is 78.5 Å². The van der Waals surface area contributed by atoms with Gasteiger partial charge in [0.05, 0.1) is 12.2 Å². The zero-order valence-electron chi connectivity index (χ0n) is 15.6. The zero-order chi connectivity index (χ0) is 19.1. The number of nitrogens with zero attached hydrogens (tertiary/aromatic N) is 6. The van der Waals surface area contributed by atoms with E-state index in [1.54, 1.807) is 16.9 Å². The Morgan fingerprint density at radius 3 is 2.64 bits per heavy atom. The van der Waals surface area contributed by atoms with Gasteiger partial charge in [0.15, 0.2) is 11.3 Å². The molecular formula is C21H19N7. The van der Waals surface area contributed by atoms with Gasteiger partial charge in [-0.05, 0) is 44.2 Å². The molecule has 0 radical (unpaired) electrons. The standard InChI is InChI=1S/C21H19N7/c1-14-8-9-17-21(24-14)27(16-6-4-3-5-7-16)20(26-17)15(2)25-19-10-12-22-18-11-13-23-28(18)19/h3-13,15,25H,1-2H3/t15-/m0/s1. The van der Waals surface area contributed by atoms with E-state index < -0.39 is 0 Å². The normalized spacial score (nSPS) is 12.5. The highest BCUT2D eigenvalue weighted by Crippen LogP contribution is 2.26. The van der Waals surface area contributed by atoms with Gasteiger partial charge in [-0.1, -0.05) is 18.2 Å². The molecule has 4 aromatic heterocycles. The first-order valence-electron chi connectivity index (χ1n) is 9.17. The molecule has 0 saturated carbocycles. The highest BCUT2D eigenvalue weighted by Gasteiger charge is 2.20. The number of aromatic nitrogens is 6. The van der Waals surface area contributed by atoms with Crippen molar-refractivity contribution in [1.82, 2.24) is 29.1 Å². The summed E-state index contributed by atoms with van der Waals surface area (Å²) in [5.41, 5.74) is 4.52. The van der Waals surface area contributed by atoms with Crippen molar-refractivity contribution >= 4 is 22.6 Å². The van der Waals surface area contributed by atoms with E-state index in [0.29, 0.717) is 0 Å². The number of aryl methyl sites for hydroxylation is 1. The van der Waals surface area contributed by atoms with Crippen LogP contribution >= 0.6 is 0 Å². The molecule has 0 saturated heterocycles. The van der Waals surface area contributed by atoms with Crippen LogP contribution in [-0.2, 0) is 0 Å². The van der Waals surface area contributed by atoms with E-state index >= 15 is 0 Å². The van der Waals surface area contributed by atoms with Crippen molar-refractivity contribution in [3.8, 4) is 5.69 Å². The van der Waals surface area contributed by atoms with Crippen LogP contribution in [-0.4, -0.2) is 29.1 Å². The van der Waals surface area contributed by atoms with Gasteiger partial charge in [-0.25, -0.2) is 15.0 Å². The van der Waals surface area contributed by atoms with Crippen molar-refractivity contribution in [1.29, 1.82) is 0 Å². The number of para-hydroxylation sites is 1. The van der Waals surface area contributed by atoms with Crippen LogP contribution in [0.3, 0.4) is 0 Å². The predicted octanol–water partition coefficient (Wildman–Crippen LogP) is 3.94. The Hall–Kier alpha value is -3.74. The van der Waals surface area contributed by atoms with Crippen molar-refractivity contribution < 1.29 is 0 Å². The van der Waals surface area contributed by atoms with Gasteiger partial charge >= 0.3 is 0 Å². The van der Waals surface area contributed by atoms with Crippen LogP contribution < -0.4 is 5.32 Å². The second-order valence-corrected chi connectivity index (χ2v) is 6.73. The molecule has 1 aromatic carbocycles. The maximum atomic E-state index is 4.89. The predicted molar refractivity (Wildman–Crippen MR) is 109 cm³/mol. The van der Waals surface area contributed by atoms with E-state index in [2.05, 4.69) is 39.0 Å². The van der Waals surface area contributed by atoms with Gasteiger partial charge in [-0.2, -0.15) is 9.61 Å². The Kier molecular flexibility index (Phi) is 3.79. The fourth-order valence-electron chi connectivity index (χ4n) is 3.42. The Morgan fingerprint density at radius 2 is 1.79 bits per heavy atom. The molecule has 0 spiro atoms. The second kappa shape index (κ2) is 6.45. The molecule has 5 rings (SSSR count). The molecule has 0 aliphatic rings. The zero-order valence-corrected chi connectivity index (χ0v) is 15.6. The number of fused-ring (bicyclic) bond motifs is 2. The first-order valence-corrected chi connectivity index (χ1v) is 9.17. The molecule has 5 aromatic rings. The number of rotatable bonds is 4. The fraction of sp³-hybridized carbons (Fsp3) is 0.143. The lowest BCUT2D eigenvalue weighted by Crippen LogP contribution is -2.15. The fourth-order valence-corrected chi connectivity index (χ4v) is 3.42. The highest BCUT2D eigenvalue weighted by molar-refractivity contribution is 5.74.